The fourth-order valence-electron chi connectivity index (χ4n) is 4.14. The number of amides is 2. The minimum Gasteiger partial charge on any atom is -0.338 e. The molecule has 7 nitrogen and oxygen atoms in total. The van der Waals surface area contributed by atoms with Gasteiger partial charge in [-0.2, -0.15) is 5.10 Å². The van der Waals surface area contributed by atoms with Crippen molar-refractivity contribution >= 4 is 17.5 Å². The Morgan fingerprint density at radius 1 is 1.00 bits per heavy atom. The maximum Gasteiger partial charge on any atom is 0.259 e. The topological polar surface area (TPSA) is 70.8 Å². The maximum absolute atomic E-state index is 14.3. The number of benzene rings is 1. The highest BCUT2D eigenvalue weighted by Gasteiger charge is 2.54. The van der Waals surface area contributed by atoms with Crippen LogP contribution in [0, 0.1) is 5.82 Å². The van der Waals surface area contributed by atoms with E-state index in [4.69, 9.17) is 0 Å². The number of rotatable bonds is 3. The van der Waals surface area contributed by atoms with Gasteiger partial charge in [0.25, 0.3) is 5.91 Å². The number of carbonyl (C=O) groups excluding carboxylic acids is 2. The zero-order valence-corrected chi connectivity index (χ0v) is 15.8. The van der Waals surface area contributed by atoms with Crippen LogP contribution >= 0.6 is 0 Å². The molecule has 1 aromatic carbocycles. The second-order valence-corrected chi connectivity index (χ2v) is 7.59. The molecular formula is C21H20FN5O2. The summed E-state index contributed by atoms with van der Waals surface area (Å²) in [7, 11) is 0. The van der Waals surface area contributed by atoms with E-state index in [1.165, 1.54) is 12.3 Å². The molecule has 3 heterocycles. The van der Waals surface area contributed by atoms with E-state index in [9.17, 15) is 14.0 Å². The van der Waals surface area contributed by atoms with Gasteiger partial charge in [-0.25, -0.2) is 13.9 Å². The van der Waals surface area contributed by atoms with Gasteiger partial charge in [-0.15, -0.1) is 0 Å². The van der Waals surface area contributed by atoms with Crippen LogP contribution < -0.4 is 0 Å². The molecule has 3 aromatic rings. The molecule has 0 radical (unpaired) electrons. The zero-order valence-electron chi connectivity index (χ0n) is 15.8. The summed E-state index contributed by atoms with van der Waals surface area (Å²) >= 11 is 0. The van der Waals surface area contributed by atoms with E-state index >= 15 is 0 Å². The molecule has 1 saturated carbocycles. The Kier molecular flexibility index (Phi) is 4.08. The van der Waals surface area contributed by atoms with Crippen LogP contribution in [-0.2, 0) is 10.2 Å². The van der Waals surface area contributed by atoms with E-state index in [2.05, 4.69) is 10.1 Å². The van der Waals surface area contributed by atoms with Gasteiger partial charge in [-0.1, -0.05) is 18.2 Å². The average Bonchev–Trinajstić information content (AvgIpc) is 3.45. The summed E-state index contributed by atoms with van der Waals surface area (Å²) in [6, 6.07) is 8.27. The third-order valence-electron chi connectivity index (χ3n) is 5.91. The highest BCUT2D eigenvalue weighted by molar-refractivity contribution is 6.00. The maximum atomic E-state index is 14.3. The Morgan fingerprint density at radius 3 is 2.45 bits per heavy atom. The predicted molar refractivity (Wildman–Crippen MR) is 103 cm³/mol. The molecule has 1 aliphatic carbocycles. The van der Waals surface area contributed by atoms with Crippen LogP contribution in [0.15, 0.2) is 48.9 Å². The third kappa shape index (κ3) is 2.86. The normalized spacial score (nSPS) is 18.1. The Hall–Kier alpha value is -3.29. The van der Waals surface area contributed by atoms with Crippen molar-refractivity contribution in [3.8, 4) is 0 Å². The number of carbonyl (C=O) groups is 2. The minimum atomic E-state index is -0.732. The van der Waals surface area contributed by atoms with E-state index in [0.29, 0.717) is 55.8 Å². The van der Waals surface area contributed by atoms with Crippen molar-refractivity contribution < 1.29 is 14.0 Å². The summed E-state index contributed by atoms with van der Waals surface area (Å²) in [5.74, 6) is -0.499. The van der Waals surface area contributed by atoms with Crippen LogP contribution in [-0.4, -0.2) is 62.4 Å². The molecule has 2 amide bonds. The summed E-state index contributed by atoms with van der Waals surface area (Å²) in [6.07, 6.45) is 6.23. The van der Waals surface area contributed by atoms with Gasteiger partial charge in [-0.05, 0) is 25.0 Å². The summed E-state index contributed by atoms with van der Waals surface area (Å²) in [6.45, 7) is 1.74. The fourth-order valence-corrected chi connectivity index (χ4v) is 4.14. The van der Waals surface area contributed by atoms with Crippen molar-refractivity contribution in [3.63, 3.8) is 0 Å². The lowest BCUT2D eigenvalue weighted by atomic mass is 9.93. The van der Waals surface area contributed by atoms with Crippen molar-refractivity contribution in [2.24, 2.45) is 0 Å². The Balaban J connectivity index is 1.29. The molecule has 0 atom stereocenters. The first-order chi connectivity index (χ1) is 14.1. The smallest absolute Gasteiger partial charge is 0.259 e. The lowest BCUT2D eigenvalue weighted by molar-refractivity contribution is -0.135. The second-order valence-electron chi connectivity index (χ2n) is 7.59. The predicted octanol–water partition coefficient (Wildman–Crippen LogP) is 1.88. The summed E-state index contributed by atoms with van der Waals surface area (Å²) < 4.78 is 15.8. The largest absolute Gasteiger partial charge is 0.338 e. The summed E-state index contributed by atoms with van der Waals surface area (Å²) in [5, 5.41) is 4.17. The average molecular weight is 393 g/mol. The van der Waals surface area contributed by atoms with E-state index in [1.807, 2.05) is 0 Å². The lowest BCUT2D eigenvalue weighted by Crippen LogP contribution is -2.53. The number of halogens is 1. The highest BCUT2D eigenvalue weighted by atomic mass is 19.1. The Bertz CT molecular complexity index is 1100. The molecule has 29 heavy (non-hydrogen) atoms. The summed E-state index contributed by atoms with van der Waals surface area (Å²) in [5.41, 5.74) is 0.730. The van der Waals surface area contributed by atoms with Crippen LogP contribution in [0.4, 0.5) is 4.39 Å². The van der Waals surface area contributed by atoms with Gasteiger partial charge in [0.2, 0.25) is 5.91 Å². The van der Waals surface area contributed by atoms with Crippen LogP contribution in [0.5, 0.6) is 0 Å². The van der Waals surface area contributed by atoms with Crippen molar-refractivity contribution in [2.45, 2.75) is 18.3 Å². The van der Waals surface area contributed by atoms with Gasteiger partial charge in [0.05, 0.1) is 11.6 Å². The van der Waals surface area contributed by atoms with Gasteiger partial charge >= 0.3 is 0 Å². The van der Waals surface area contributed by atoms with E-state index in [0.717, 1.165) is 0 Å². The molecule has 0 bridgehead atoms. The molecule has 1 saturated heterocycles. The zero-order chi connectivity index (χ0) is 20.0. The van der Waals surface area contributed by atoms with Gasteiger partial charge in [0.1, 0.15) is 11.4 Å². The summed E-state index contributed by atoms with van der Waals surface area (Å²) in [4.78, 5) is 33.8. The van der Waals surface area contributed by atoms with Crippen molar-refractivity contribution in [1.82, 2.24) is 24.4 Å². The van der Waals surface area contributed by atoms with Crippen molar-refractivity contribution in [2.75, 3.05) is 26.2 Å². The number of aromatic nitrogens is 3. The minimum absolute atomic E-state index is 0.0349. The van der Waals surface area contributed by atoms with E-state index in [1.54, 1.807) is 51.0 Å². The molecule has 0 unspecified atom stereocenters. The monoisotopic (exact) mass is 393 g/mol. The van der Waals surface area contributed by atoms with Gasteiger partial charge in [-0.3, -0.25) is 9.59 Å². The number of fused-ring (bicyclic) bond motifs is 1. The molecule has 1 aliphatic heterocycles. The number of nitrogens with zero attached hydrogens (tertiary/aromatic N) is 5. The van der Waals surface area contributed by atoms with Gasteiger partial charge < -0.3 is 9.80 Å². The van der Waals surface area contributed by atoms with E-state index in [-0.39, 0.29) is 17.6 Å². The van der Waals surface area contributed by atoms with Crippen molar-refractivity contribution in [1.29, 1.82) is 0 Å². The van der Waals surface area contributed by atoms with Crippen molar-refractivity contribution in [3.05, 3.63) is 65.9 Å². The highest BCUT2D eigenvalue weighted by Crippen LogP contribution is 2.50. The first-order valence-corrected chi connectivity index (χ1v) is 9.72. The molecular weight excluding hydrogens is 373 g/mol. The molecule has 0 N–H and O–H groups in total. The standard InChI is InChI=1S/C21H20FN5O2/c22-17-5-2-1-4-16(17)21(6-7-21)20(29)26-12-10-25(11-13-26)19(28)15-14-24-27-9-3-8-23-18(15)27/h1-5,8-9,14H,6-7,10-13H2. The Morgan fingerprint density at radius 2 is 1.72 bits per heavy atom. The second kappa shape index (κ2) is 6.65. The quantitative estimate of drug-likeness (QED) is 0.681. The molecule has 2 fully saturated rings. The number of piperazine rings is 1. The van der Waals surface area contributed by atoms with Crippen LogP contribution in [0.3, 0.4) is 0 Å². The molecule has 2 aromatic heterocycles. The fraction of sp³-hybridized carbons (Fsp3) is 0.333. The third-order valence-corrected chi connectivity index (χ3v) is 5.91. The molecule has 148 valence electrons. The molecule has 0 spiro atoms. The number of hydrogen-bond acceptors (Lipinski definition) is 4. The molecule has 8 heteroatoms. The molecule has 5 rings (SSSR count). The SMILES string of the molecule is O=C(c1cnn2cccnc12)N1CCN(C(=O)C2(c3ccccc3F)CC2)CC1. The first kappa shape index (κ1) is 17.8. The Labute approximate surface area is 166 Å². The first-order valence-electron chi connectivity index (χ1n) is 9.72. The van der Waals surface area contributed by atoms with Crippen LogP contribution in [0.25, 0.3) is 5.65 Å². The van der Waals surface area contributed by atoms with Crippen LogP contribution in [0.1, 0.15) is 28.8 Å². The molecule has 2 aliphatic rings. The lowest BCUT2D eigenvalue weighted by Gasteiger charge is -2.36. The number of hydrogen-bond donors (Lipinski definition) is 0. The van der Waals surface area contributed by atoms with Gasteiger partial charge in [0, 0.05) is 44.1 Å². The van der Waals surface area contributed by atoms with Crippen LogP contribution in [0.2, 0.25) is 0 Å². The van der Waals surface area contributed by atoms with Gasteiger partial charge in [0.15, 0.2) is 5.65 Å². The van der Waals surface area contributed by atoms with E-state index < -0.39 is 5.41 Å².